The molecule has 2 aliphatic carbocycles. The first-order chi connectivity index (χ1) is 19.7. The second-order valence-corrected chi connectivity index (χ2v) is 11.1. The van der Waals surface area contributed by atoms with Gasteiger partial charge in [-0.25, -0.2) is 0 Å². The van der Waals surface area contributed by atoms with Gasteiger partial charge in [-0.15, -0.1) is 0 Å². The van der Waals surface area contributed by atoms with Gasteiger partial charge in [0.2, 0.25) is 0 Å². The van der Waals surface area contributed by atoms with Crippen LogP contribution in [0.5, 0.6) is 0 Å². The molecule has 2 aliphatic rings. The summed E-state index contributed by atoms with van der Waals surface area (Å²) in [5.74, 6) is 0.537. The van der Waals surface area contributed by atoms with Gasteiger partial charge in [-0.1, -0.05) is 121 Å². The van der Waals surface area contributed by atoms with Crippen LogP contribution in [0.4, 0.5) is 11.4 Å². The van der Waals surface area contributed by atoms with Gasteiger partial charge in [0.1, 0.15) is 0 Å². The number of hydrogen-bond donors (Lipinski definition) is 0. The van der Waals surface area contributed by atoms with Crippen LogP contribution >= 0.6 is 0 Å². The average molecular weight is 520 g/mol. The number of allylic oxidation sites excluding steroid dienone is 6. The van der Waals surface area contributed by atoms with Crippen LogP contribution in [0.3, 0.4) is 0 Å². The summed E-state index contributed by atoms with van der Waals surface area (Å²) in [6.07, 6.45) is 19.2. The Hall–Kier alpha value is -4.36. The Bertz CT molecular complexity index is 1580. The second-order valence-electron chi connectivity index (χ2n) is 11.1. The lowest BCUT2D eigenvalue weighted by Gasteiger charge is -2.34. The van der Waals surface area contributed by atoms with E-state index in [2.05, 4.69) is 158 Å². The van der Waals surface area contributed by atoms with Crippen molar-refractivity contribution in [2.75, 3.05) is 4.90 Å². The van der Waals surface area contributed by atoms with E-state index < -0.39 is 0 Å². The number of aryl methyl sites for hydroxylation is 2. The minimum Gasteiger partial charge on any atom is -0.334 e. The molecule has 4 aromatic rings. The lowest BCUT2D eigenvalue weighted by molar-refractivity contribution is 0.654. The molecule has 6 rings (SSSR count). The fraction of sp³-hybridized carbons (Fsp3) is 0.179. The molecule has 0 saturated heterocycles. The van der Waals surface area contributed by atoms with Crippen LogP contribution < -0.4 is 4.90 Å². The SMILES string of the molecule is Cc1ccc(N(c2ccc(CC3C=CC=CC3)c(-c3ccccc3C)c2)C2C=CC(c3ccccc3)=CC2)cc1. The number of anilines is 2. The molecule has 0 heterocycles. The summed E-state index contributed by atoms with van der Waals surface area (Å²) in [4.78, 5) is 2.52. The monoisotopic (exact) mass is 519 g/mol. The molecule has 2 atom stereocenters. The van der Waals surface area contributed by atoms with Crippen molar-refractivity contribution in [1.29, 1.82) is 0 Å². The zero-order valence-electron chi connectivity index (χ0n) is 23.5. The van der Waals surface area contributed by atoms with Gasteiger partial charge in [0, 0.05) is 11.4 Å². The molecular weight excluding hydrogens is 482 g/mol. The van der Waals surface area contributed by atoms with Crippen molar-refractivity contribution in [2.24, 2.45) is 5.92 Å². The Kier molecular flexibility index (Phi) is 7.64. The Morgan fingerprint density at radius 2 is 1.48 bits per heavy atom. The van der Waals surface area contributed by atoms with Gasteiger partial charge in [-0.3, -0.25) is 0 Å². The van der Waals surface area contributed by atoms with Crippen LogP contribution in [0.1, 0.15) is 35.1 Å². The third-order valence-corrected chi connectivity index (χ3v) is 8.19. The van der Waals surface area contributed by atoms with Crippen LogP contribution in [-0.2, 0) is 6.42 Å². The molecule has 0 N–H and O–H groups in total. The molecule has 0 fully saturated rings. The summed E-state index contributed by atoms with van der Waals surface area (Å²) in [5.41, 5.74) is 11.7. The van der Waals surface area contributed by atoms with Gasteiger partial charge < -0.3 is 4.90 Å². The molecule has 0 spiro atoms. The van der Waals surface area contributed by atoms with E-state index in [4.69, 9.17) is 0 Å². The molecule has 2 unspecified atom stereocenters. The summed E-state index contributed by atoms with van der Waals surface area (Å²) in [6.45, 7) is 4.38. The summed E-state index contributed by atoms with van der Waals surface area (Å²) in [6, 6.07) is 35.9. The highest BCUT2D eigenvalue weighted by Crippen LogP contribution is 2.38. The molecule has 198 valence electrons. The van der Waals surface area contributed by atoms with Gasteiger partial charge in [0.05, 0.1) is 6.04 Å². The highest BCUT2D eigenvalue weighted by Gasteiger charge is 2.22. The van der Waals surface area contributed by atoms with E-state index in [1.54, 1.807) is 0 Å². The predicted molar refractivity (Wildman–Crippen MR) is 172 cm³/mol. The first-order valence-corrected chi connectivity index (χ1v) is 14.5. The predicted octanol–water partition coefficient (Wildman–Crippen LogP) is 10.2. The summed E-state index contributed by atoms with van der Waals surface area (Å²) in [5, 5.41) is 0. The van der Waals surface area contributed by atoms with Crippen molar-refractivity contribution in [2.45, 2.75) is 39.2 Å². The zero-order chi connectivity index (χ0) is 27.3. The van der Waals surface area contributed by atoms with Crippen molar-refractivity contribution in [1.82, 2.24) is 0 Å². The van der Waals surface area contributed by atoms with E-state index in [1.165, 1.54) is 50.3 Å². The van der Waals surface area contributed by atoms with E-state index in [9.17, 15) is 0 Å². The van der Waals surface area contributed by atoms with Crippen molar-refractivity contribution in [3.8, 4) is 11.1 Å². The van der Waals surface area contributed by atoms with Crippen molar-refractivity contribution in [3.05, 3.63) is 162 Å². The summed E-state index contributed by atoms with van der Waals surface area (Å²) in [7, 11) is 0. The highest BCUT2D eigenvalue weighted by molar-refractivity contribution is 5.79. The molecule has 0 aliphatic heterocycles. The molecule has 1 nitrogen and oxygen atoms in total. The maximum absolute atomic E-state index is 2.52. The largest absolute Gasteiger partial charge is 0.334 e. The maximum atomic E-state index is 2.52. The molecule has 0 bridgehead atoms. The molecule has 1 heteroatoms. The fourth-order valence-corrected chi connectivity index (χ4v) is 5.97. The number of nitrogens with zero attached hydrogens (tertiary/aromatic N) is 1. The third-order valence-electron chi connectivity index (χ3n) is 8.19. The van der Waals surface area contributed by atoms with E-state index in [-0.39, 0.29) is 6.04 Å². The topological polar surface area (TPSA) is 3.24 Å². The fourth-order valence-electron chi connectivity index (χ4n) is 5.97. The summed E-state index contributed by atoms with van der Waals surface area (Å²) < 4.78 is 0. The van der Waals surface area contributed by atoms with E-state index in [0.717, 1.165) is 19.3 Å². The van der Waals surface area contributed by atoms with Gasteiger partial charge in [0.25, 0.3) is 0 Å². The average Bonchev–Trinajstić information content (AvgIpc) is 3.01. The first-order valence-electron chi connectivity index (χ1n) is 14.5. The maximum Gasteiger partial charge on any atom is 0.0560 e. The van der Waals surface area contributed by atoms with Crippen LogP contribution in [-0.4, -0.2) is 6.04 Å². The Morgan fingerprint density at radius 1 is 0.700 bits per heavy atom. The highest BCUT2D eigenvalue weighted by atomic mass is 15.2. The van der Waals surface area contributed by atoms with E-state index in [0.29, 0.717) is 5.92 Å². The lowest BCUT2D eigenvalue weighted by atomic mass is 9.87. The van der Waals surface area contributed by atoms with Crippen molar-refractivity contribution in [3.63, 3.8) is 0 Å². The van der Waals surface area contributed by atoms with Gasteiger partial charge >= 0.3 is 0 Å². The quantitative estimate of drug-likeness (QED) is 0.235. The lowest BCUT2D eigenvalue weighted by Crippen LogP contribution is -2.30. The van der Waals surface area contributed by atoms with E-state index >= 15 is 0 Å². The molecule has 0 radical (unpaired) electrons. The first kappa shape index (κ1) is 25.9. The molecule has 0 saturated carbocycles. The van der Waals surface area contributed by atoms with Gasteiger partial charge in [0.15, 0.2) is 0 Å². The van der Waals surface area contributed by atoms with Gasteiger partial charge in [-0.2, -0.15) is 0 Å². The Balaban J connectivity index is 1.41. The van der Waals surface area contributed by atoms with Gasteiger partial charge in [-0.05, 0) is 96.7 Å². The number of benzene rings is 4. The van der Waals surface area contributed by atoms with Crippen molar-refractivity contribution < 1.29 is 0 Å². The number of rotatable bonds is 7. The van der Waals surface area contributed by atoms with E-state index in [1.807, 2.05) is 0 Å². The Morgan fingerprint density at radius 3 is 2.20 bits per heavy atom. The smallest absolute Gasteiger partial charge is 0.0560 e. The minimum atomic E-state index is 0.233. The molecule has 0 amide bonds. The van der Waals surface area contributed by atoms with Crippen LogP contribution in [0, 0.1) is 19.8 Å². The standard InChI is InChI=1S/C39H37N/c1-29-17-22-35(23-18-29)40(36-24-19-33(20-25-36)32-14-7-4-8-15-32)37-26-21-34(27-31-12-5-3-6-13-31)39(28-37)38-16-10-9-11-30(38)2/h3-12,14-24,26,28,31,36H,13,25,27H2,1-2H3. The number of hydrogen-bond acceptors (Lipinski definition) is 1. The molecular formula is C39H37N. The molecule has 4 aromatic carbocycles. The third kappa shape index (κ3) is 5.65. The second kappa shape index (κ2) is 11.8. The van der Waals surface area contributed by atoms with Crippen LogP contribution in [0.15, 0.2) is 140 Å². The zero-order valence-corrected chi connectivity index (χ0v) is 23.5. The molecule has 40 heavy (non-hydrogen) atoms. The minimum absolute atomic E-state index is 0.233. The van der Waals surface area contributed by atoms with Crippen LogP contribution in [0.2, 0.25) is 0 Å². The normalized spacial score (nSPS) is 18.0. The Labute approximate surface area is 239 Å². The summed E-state index contributed by atoms with van der Waals surface area (Å²) >= 11 is 0. The molecule has 0 aromatic heterocycles. The van der Waals surface area contributed by atoms with Crippen LogP contribution in [0.25, 0.3) is 16.7 Å². The van der Waals surface area contributed by atoms with Crippen molar-refractivity contribution >= 4 is 16.9 Å².